The van der Waals surface area contributed by atoms with Crippen molar-refractivity contribution in [3.63, 3.8) is 0 Å². The Morgan fingerprint density at radius 1 is 1.13 bits per heavy atom. The molecular weight excluding hydrogens is 419 g/mol. The molecule has 0 bridgehead atoms. The molecule has 2 aliphatic rings. The van der Waals surface area contributed by atoms with Crippen molar-refractivity contribution in [2.75, 3.05) is 18.5 Å². The molecule has 9 heteroatoms. The summed E-state index contributed by atoms with van der Waals surface area (Å²) in [6.07, 6.45) is -3.20. The van der Waals surface area contributed by atoms with Gasteiger partial charge in [0.05, 0.1) is 23.8 Å². The second-order valence-corrected chi connectivity index (χ2v) is 7.73. The van der Waals surface area contributed by atoms with E-state index in [2.05, 4.69) is 10.6 Å². The van der Waals surface area contributed by atoms with Gasteiger partial charge in [0.25, 0.3) is 0 Å². The third kappa shape index (κ3) is 3.98. The summed E-state index contributed by atoms with van der Waals surface area (Å²) in [5, 5.41) is 6.26. The number of carbonyl (C=O) groups is 1. The van der Waals surface area contributed by atoms with E-state index in [0.29, 0.717) is 24.2 Å². The zero-order valence-electron chi connectivity index (χ0n) is 16.7. The molecular formula is C22H21F5N2O2. The van der Waals surface area contributed by atoms with Crippen LogP contribution in [0.25, 0.3) is 0 Å². The number of alkyl halides is 3. The maximum Gasteiger partial charge on any atom is 0.416 e. The summed E-state index contributed by atoms with van der Waals surface area (Å²) in [6.45, 7) is 2.25. The smallest absolute Gasteiger partial charge is 0.416 e. The molecule has 31 heavy (non-hydrogen) atoms. The van der Waals surface area contributed by atoms with Crippen LogP contribution in [0.1, 0.15) is 58.9 Å². The zero-order chi connectivity index (χ0) is 22.3. The Kier molecular flexibility index (Phi) is 5.63. The highest BCUT2D eigenvalue weighted by Crippen LogP contribution is 2.49. The van der Waals surface area contributed by atoms with Crippen molar-refractivity contribution in [3.05, 3.63) is 64.2 Å². The molecule has 0 aliphatic carbocycles. The molecule has 166 valence electrons. The lowest BCUT2D eigenvalue weighted by molar-refractivity contribution is -0.137. The molecule has 1 fully saturated rings. The normalized spacial score (nSPS) is 22.8. The van der Waals surface area contributed by atoms with E-state index in [0.717, 1.165) is 30.7 Å². The van der Waals surface area contributed by atoms with Gasteiger partial charge in [-0.25, -0.2) is 13.6 Å². The molecule has 0 saturated carbocycles. The van der Waals surface area contributed by atoms with Crippen molar-refractivity contribution in [2.24, 2.45) is 5.92 Å². The number of hydrogen-bond donors (Lipinski definition) is 2. The lowest BCUT2D eigenvalue weighted by Gasteiger charge is -2.44. The van der Waals surface area contributed by atoms with Gasteiger partial charge < -0.3 is 15.4 Å². The fourth-order valence-electron chi connectivity index (χ4n) is 4.52. The number of carbonyl (C=O) groups excluding carboxylic acids is 1. The summed E-state index contributed by atoms with van der Waals surface area (Å²) >= 11 is 0. The van der Waals surface area contributed by atoms with Gasteiger partial charge >= 0.3 is 12.1 Å². The maximum absolute atomic E-state index is 15.0. The first-order chi connectivity index (χ1) is 14.7. The third-order valence-electron chi connectivity index (χ3n) is 5.86. The van der Waals surface area contributed by atoms with E-state index >= 15 is 0 Å². The van der Waals surface area contributed by atoms with Gasteiger partial charge in [-0.1, -0.05) is 0 Å². The monoisotopic (exact) mass is 440 g/mol. The first kappa shape index (κ1) is 21.5. The second kappa shape index (κ2) is 8.11. The molecule has 4 rings (SSSR count). The van der Waals surface area contributed by atoms with Gasteiger partial charge in [-0.2, -0.15) is 13.2 Å². The first-order valence-electron chi connectivity index (χ1n) is 10.1. The summed E-state index contributed by atoms with van der Waals surface area (Å²) in [5.41, 5.74) is -0.419. The highest BCUT2D eigenvalue weighted by molar-refractivity contribution is 5.89. The number of benzene rings is 2. The summed E-state index contributed by atoms with van der Waals surface area (Å²) < 4.78 is 74.4. The van der Waals surface area contributed by atoms with E-state index in [1.807, 2.05) is 0 Å². The number of hydrogen-bond acceptors (Lipinski definition) is 4. The van der Waals surface area contributed by atoms with Crippen molar-refractivity contribution in [2.45, 2.75) is 38.0 Å². The average Bonchev–Trinajstić information content (AvgIpc) is 2.72. The lowest BCUT2D eigenvalue weighted by Crippen LogP contribution is -2.43. The Morgan fingerprint density at radius 2 is 1.84 bits per heavy atom. The van der Waals surface area contributed by atoms with Crippen LogP contribution >= 0.6 is 0 Å². The van der Waals surface area contributed by atoms with Gasteiger partial charge in [-0.3, -0.25) is 0 Å². The van der Waals surface area contributed by atoms with E-state index in [4.69, 9.17) is 4.74 Å². The number of halogens is 5. The Bertz CT molecular complexity index is 985. The van der Waals surface area contributed by atoms with Crippen LogP contribution < -0.4 is 10.6 Å². The van der Waals surface area contributed by atoms with Crippen LogP contribution in [0.3, 0.4) is 0 Å². The van der Waals surface area contributed by atoms with Crippen LogP contribution in [0.5, 0.6) is 0 Å². The van der Waals surface area contributed by atoms with Gasteiger partial charge in [0, 0.05) is 23.2 Å². The minimum absolute atomic E-state index is 0.0696. The van der Waals surface area contributed by atoms with E-state index < -0.39 is 41.4 Å². The SMILES string of the molecule is CCOC(=O)c1cc(F)c([C@H]2Nc3ccc(C(F)(F)F)cc3[C@@H]3NCCC[C@@H]23)c(F)c1. The van der Waals surface area contributed by atoms with Crippen molar-refractivity contribution < 1.29 is 31.5 Å². The molecule has 1 saturated heterocycles. The van der Waals surface area contributed by atoms with Gasteiger partial charge in [0.15, 0.2) is 0 Å². The number of anilines is 1. The minimum Gasteiger partial charge on any atom is -0.462 e. The van der Waals surface area contributed by atoms with Gasteiger partial charge in [0.2, 0.25) is 0 Å². The van der Waals surface area contributed by atoms with Crippen molar-refractivity contribution in [1.82, 2.24) is 5.32 Å². The van der Waals surface area contributed by atoms with Crippen LogP contribution in [-0.4, -0.2) is 19.1 Å². The first-order valence-corrected chi connectivity index (χ1v) is 10.1. The molecule has 0 spiro atoms. The Labute approximate surface area is 175 Å². The Hall–Kier alpha value is -2.68. The van der Waals surface area contributed by atoms with Gasteiger partial charge in [-0.15, -0.1) is 0 Å². The number of fused-ring (bicyclic) bond motifs is 3. The fourth-order valence-corrected chi connectivity index (χ4v) is 4.52. The predicted octanol–water partition coefficient (Wildman–Crippen LogP) is 5.37. The Balaban J connectivity index is 1.76. The van der Waals surface area contributed by atoms with Crippen LogP contribution in [-0.2, 0) is 10.9 Å². The van der Waals surface area contributed by atoms with Crippen LogP contribution in [0.4, 0.5) is 27.6 Å². The average molecular weight is 440 g/mol. The van der Waals surface area contributed by atoms with Crippen LogP contribution in [0, 0.1) is 17.6 Å². The predicted molar refractivity (Wildman–Crippen MR) is 104 cm³/mol. The topological polar surface area (TPSA) is 50.4 Å². The molecule has 0 unspecified atom stereocenters. The highest BCUT2D eigenvalue weighted by atomic mass is 19.4. The number of nitrogens with one attached hydrogen (secondary N) is 2. The maximum atomic E-state index is 15.0. The van der Waals surface area contributed by atoms with Gasteiger partial charge in [-0.05, 0) is 62.2 Å². The van der Waals surface area contributed by atoms with Crippen molar-refractivity contribution >= 4 is 11.7 Å². The number of ether oxygens (including phenoxy) is 1. The standard InChI is InChI=1S/C22H21F5N2O2/c1-2-31-21(30)11-8-15(23)18(16(24)9-11)20-13-4-3-7-28-19(13)14-10-12(22(25,26)27)5-6-17(14)29-20/h5-6,8-10,13,19-20,28-29H,2-4,7H2,1H3/t13-,19-,20+/m1/s1. The van der Waals surface area contributed by atoms with Crippen LogP contribution in [0.15, 0.2) is 30.3 Å². The molecule has 2 aromatic rings. The number of rotatable bonds is 3. The molecule has 2 heterocycles. The second-order valence-electron chi connectivity index (χ2n) is 7.73. The van der Waals surface area contributed by atoms with E-state index in [1.54, 1.807) is 6.92 Å². The molecule has 2 N–H and O–H groups in total. The molecule has 0 aromatic heterocycles. The Morgan fingerprint density at radius 3 is 2.48 bits per heavy atom. The molecule has 2 aromatic carbocycles. The van der Waals surface area contributed by atoms with Crippen molar-refractivity contribution in [1.29, 1.82) is 0 Å². The van der Waals surface area contributed by atoms with Crippen LogP contribution in [0.2, 0.25) is 0 Å². The number of esters is 1. The van der Waals surface area contributed by atoms with Crippen molar-refractivity contribution in [3.8, 4) is 0 Å². The van der Waals surface area contributed by atoms with E-state index in [-0.39, 0.29) is 23.7 Å². The largest absolute Gasteiger partial charge is 0.462 e. The summed E-state index contributed by atoms with van der Waals surface area (Å²) in [4.78, 5) is 11.9. The molecule has 4 nitrogen and oxygen atoms in total. The molecule has 3 atom stereocenters. The van der Waals surface area contributed by atoms with E-state index in [1.165, 1.54) is 6.07 Å². The fraction of sp³-hybridized carbons (Fsp3) is 0.409. The molecule has 2 aliphatic heterocycles. The minimum atomic E-state index is -4.49. The molecule has 0 radical (unpaired) electrons. The summed E-state index contributed by atoms with van der Waals surface area (Å²) in [5.74, 6) is -3.01. The zero-order valence-corrected chi connectivity index (χ0v) is 16.7. The lowest BCUT2D eigenvalue weighted by atomic mass is 9.75. The van der Waals surface area contributed by atoms with Gasteiger partial charge in [0.1, 0.15) is 11.6 Å². The van der Waals surface area contributed by atoms with E-state index in [9.17, 15) is 26.7 Å². The molecule has 0 amide bonds. The highest BCUT2D eigenvalue weighted by Gasteiger charge is 2.42. The summed E-state index contributed by atoms with van der Waals surface area (Å²) in [7, 11) is 0. The quantitative estimate of drug-likeness (QED) is 0.498. The third-order valence-corrected chi connectivity index (χ3v) is 5.86. The summed E-state index contributed by atoms with van der Waals surface area (Å²) in [6, 6.07) is 3.91. The number of piperidine rings is 1.